The van der Waals surface area contributed by atoms with Gasteiger partial charge in [0.2, 0.25) is 0 Å². The van der Waals surface area contributed by atoms with Crippen LogP contribution in [0.4, 0.5) is 5.82 Å². The number of aliphatic hydroxyl groups excluding tert-OH is 1. The van der Waals surface area contributed by atoms with Gasteiger partial charge in [-0.25, -0.2) is 24.7 Å². The molecule has 2 aromatic heterocycles. The van der Waals surface area contributed by atoms with E-state index < -0.39 is 23.3 Å². The Morgan fingerprint density at radius 1 is 0.915 bits per heavy atom. The van der Waals surface area contributed by atoms with E-state index in [1.165, 1.54) is 13.4 Å². The molecule has 7 rings (SSSR count). The van der Waals surface area contributed by atoms with E-state index in [0.717, 1.165) is 11.1 Å². The first-order chi connectivity index (χ1) is 23.0. The van der Waals surface area contributed by atoms with E-state index >= 15 is 0 Å². The van der Waals surface area contributed by atoms with Crippen LogP contribution < -0.4 is 5.73 Å². The number of hydrogen-bond donors (Lipinski definition) is 2. The molecule has 1 saturated heterocycles. The molecule has 3 atom stereocenters. The Morgan fingerprint density at radius 3 is 2.19 bits per heavy atom. The Morgan fingerprint density at radius 2 is 1.53 bits per heavy atom. The molecule has 1 aliphatic rings. The summed E-state index contributed by atoms with van der Waals surface area (Å²) >= 11 is 0. The van der Waals surface area contributed by atoms with Crippen LogP contribution in [-0.4, -0.2) is 56.3 Å². The van der Waals surface area contributed by atoms with Crippen LogP contribution in [0.5, 0.6) is 0 Å². The summed E-state index contributed by atoms with van der Waals surface area (Å²) in [5.74, 6) is 0.00160. The van der Waals surface area contributed by atoms with E-state index in [2.05, 4.69) is 15.0 Å². The third-order valence-corrected chi connectivity index (χ3v) is 8.94. The van der Waals surface area contributed by atoms with Gasteiger partial charge in [-0.2, -0.15) is 0 Å². The van der Waals surface area contributed by atoms with Crippen molar-refractivity contribution >= 4 is 22.8 Å². The third kappa shape index (κ3) is 4.81. The first-order valence-corrected chi connectivity index (χ1v) is 15.3. The fourth-order valence-electron chi connectivity index (χ4n) is 7.08. The highest BCUT2D eigenvalue weighted by Gasteiger charge is 2.66. The second-order valence-corrected chi connectivity index (χ2v) is 11.4. The smallest absolute Gasteiger partial charge is 0.193 e. The number of carbonyl (C=O) groups excluding carboxylic acids is 1. The van der Waals surface area contributed by atoms with Gasteiger partial charge in [-0.15, -0.1) is 0 Å². The minimum absolute atomic E-state index is 0.0311. The number of carbonyl (C=O) groups is 1. The standard InChI is InChI=1S/C37H33N5O5/c1-45-46-22-28-21-31(43)37(47-28,42-24-41-32-34(38)39-23-40-35(32)42)36(26-15-7-3-8-16-26,27-17-9-4-10-18-27)30-20-12-11-19-29(30)33(44)25-13-5-2-6-14-25/h2-20,23-24,28,31,43H,21-22H2,1H3,(H2,38,39,40)/t28-,31+,37-/m0/s1. The lowest BCUT2D eigenvalue weighted by Gasteiger charge is -2.51. The van der Waals surface area contributed by atoms with Crippen LogP contribution in [0.2, 0.25) is 0 Å². The maximum absolute atomic E-state index is 14.5. The minimum Gasteiger partial charge on any atom is -0.388 e. The number of rotatable bonds is 10. The number of benzene rings is 4. The van der Waals surface area contributed by atoms with Gasteiger partial charge in [-0.1, -0.05) is 115 Å². The van der Waals surface area contributed by atoms with Gasteiger partial charge in [0.25, 0.3) is 0 Å². The summed E-state index contributed by atoms with van der Waals surface area (Å²) in [7, 11) is 1.42. The van der Waals surface area contributed by atoms with Gasteiger partial charge in [0.15, 0.2) is 23.0 Å². The van der Waals surface area contributed by atoms with Crippen molar-refractivity contribution in [1.29, 1.82) is 0 Å². The highest BCUT2D eigenvalue weighted by molar-refractivity contribution is 6.10. The van der Waals surface area contributed by atoms with Gasteiger partial charge < -0.3 is 15.6 Å². The van der Waals surface area contributed by atoms with E-state index in [0.29, 0.717) is 27.9 Å². The van der Waals surface area contributed by atoms with Gasteiger partial charge in [0.05, 0.1) is 25.0 Å². The molecule has 3 heterocycles. The van der Waals surface area contributed by atoms with E-state index in [1.54, 1.807) is 23.0 Å². The summed E-state index contributed by atoms with van der Waals surface area (Å²) in [6, 6.07) is 36.1. The van der Waals surface area contributed by atoms with E-state index in [4.69, 9.17) is 20.2 Å². The SMILES string of the molecule is COOC[C@@H]1C[C@@H](O)[C@@](n2cnc3c(N)ncnc32)(C(c2ccccc2)(c2ccccc2)c2ccccc2C(=O)c2ccccc2)O1. The second kappa shape index (κ2) is 12.5. The number of ether oxygens (including phenoxy) is 1. The molecule has 0 unspecified atom stereocenters. The zero-order valence-corrected chi connectivity index (χ0v) is 25.6. The van der Waals surface area contributed by atoms with E-state index in [1.807, 2.05) is 103 Å². The molecule has 1 aliphatic heterocycles. The van der Waals surface area contributed by atoms with E-state index in [9.17, 15) is 9.90 Å². The normalized spacial score (nSPS) is 19.6. The molecular formula is C37H33N5O5. The molecule has 10 nitrogen and oxygen atoms in total. The molecular weight excluding hydrogens is 594 g/mol. The Kier molecular flexibility index (Phi) is 8.09. The molecule has 0 bridgehead atoms. The van der Waals surface area contributed by atoms with Gasteiger partial charge in [-0.05, 0) is 16.7 Å². The average Bonchev–Trinajstić information content (AvgIpc) is 3.71. The topological polar surface area (TPSA) is 135 Å². The van der Waals surface area contributed by atoms with Crippen LogP contribution in [-0.2, 0) is 25.7 Å². The first kappa shape index (κ1) is 30.4. The number of nitrogens with two attached hydrogens (primary N) is 1. The Balaban J connectivity index is 1.66. The number of nitrogens with zero attached hydrogens (tertiary/aromatic N) is 4. The molecule has 0 spiro atoms. The predicted molar refractivity (Wildman–Crippen MR) is 175 cm³/mol. The van der Waals surface area contributed by atoms with Crippen molar-refractivity contribution in [2.75, 3.05) is 19.5 Å². The van der Waals surface area contributed by atoms with Gasteiger partial charge in [0.1, 0.15) is 24.6 Å². The Bertz CT molecular complexity index is 1960. The molecule has 3 N–H and O–H groups in total. The van der Waals surface area contributed by atoms with Crippen LogP contribution in [0.3, 0.4) is 0 Å². The maximum Gasteiger partial charge on any atom is 0.193 e. The Labute approximate surface area is 271 Å². The van der Waals surface area contributed by atoms with Crippen molar-refractivity contribution in [2.24, 2.45) is 0 Å². The highest BCUT2D eigenvalue weighted by Crippen LogP contribution is 2.58. The number of fused-ring (bicyclic) bond motifs is 1. The third-order valence-electron chi connectivity index (χ3n) is 8.94. The van der Waals surface area contributed by atoms with Crippen LogP contribution in [0.1, 0.15) is 39.0 Å². The number of aromatic nitrogens is 4. The van der Waals surface area contributed by atoms with Crippen LogP contribution in [0, 0.1) is 0 Å². The molecule has 0 aliphatic carbocycles. The summed E-state index contributed by atoms with van der Waals surface area (Å²) < 4.78 is 8.92. The summed E-state index contributed by atoms with van der Waals surface area (Å²) in [5, 5.41) is 12.6. The molecule has 10 heteroatoms. The summed E-state index contributed by atoms with van der Waals surface area (Å²) in [5.41, 5.74) is 7.00. The van der Waals surface area contributed by atoms with Crippen LogP contribution in [0.25, 0.3) is 11.2 Å². The molecule has 236 valence electrons. The fourth-order valence-corrected chi connectivity index (χ4v) is 7.08. The second-order valence-electron chi connectivity index (χ2n) is 11.4. The predicted octanol–water partition coefficient (Wildman–Crippen LogP) is 5.05. The van der Waals surface area contributed by atoms with Crippen molar-refractivity contribution in [3.63, 3.8) is 0 Å². The number of ketones is 1. The fraction of sp³-hybridized carbons (Fsp3) is 0.189. The van der Waals surface area contributed by atoms with Gasteiger partial charge >= 0.3 is 0 Å². The maximum atomic E-state index is 14.5. The molecule has 0 amide bonds. The lowest BCUT2D eigenvalue weighted by molar-refractivity contribution is -0.293. The summed E-state index contributed by atoms with van der Waals surface area (Å²) in [6.45, 7) is 0.0311. The Hall–Kier alpha value is -5.26. The van der Waals surface area contributed by atoms with Crippen molar-refractivity contribution in [1.82, 2.24) is 19.5 Å². The van der Waals surface area contributed by atoms with Crippen LogP contribution >= 0.6 is 0 Å². The van der Waals surface area contributed by atoms with Crippen LogP contribution in [0.15, 0.2) is 128 Å². The monoisotopic (exact) mass is 627 g/mol. The van der Waals surface area contributed by atoms with Crippen molar-refractivity contribution in [3.05, 3.63) is 156 Å². The van der Waals surface area contributed by atoms with Crippen molar-refractivity contribution in [2.45, 2.75) is 29.8 Å². The largest absolute Gasteiger partial charge is 0.388 e. The number of aliphatic hydroxyl groups is 1. The number of hydrogen-bond acceptors (Lipinski definition) is 9. The minimum atomic E-state index is -1.71. The van der Waals surface area contributed by atoms with Crippen molar-refractivity contribution in [3.8, 4) is 0 Å². The zero-order valence-electron chi connectivity index (χ0n) is 25.6. The molecule has 6 aromatic rings. The quantitative estimate of drug-likeness (QED) is 0.0926. The highest BCUT2D eigenvalue weighted by atomic mass is 17.2. The molecule has 0 saturated carbocycles. The summed E-state index contributed by atoms with van der Waals surface area (Å²) in [4.78, 5) is 38.3. The first-order valence-electron chi connectivity index (χ1n) is 15.3. The number of anilines is 1. The van der Waals surface area contributed by atoms with E-state index in [-0.39, 0.29) is 24.6 Å². The lowest BCUT2D eigenvalue weighted by Crippen LogP contribution is -2.60. The molecule has 47 heavy (non-hydrogen) atoms. The number of imidazole rings is 1. The number of nitrogen functional groups attached to an aromatic ring is 1. The van der Waals surface area contributed by atoms with Gasteiger partial charge in [0, 0.05) is 17.5 Å². The molecule has 0 radical (unpaired) electrons. The van der Waals surface area contributed by atoms with Gasteiger partial charge in [-0.3, -0.25) is 9.36 Å². The zero-order chi connectivity index (χ0) is 32.4. The summed E-state index contributed by atoms with van der Waals surface area (Å²) in [6.07, 6.45) is 1.27. The molecule has 1 fully saturated rings. The lowest BCUT2D eigenvalue weighted by atomic mass is 9.59. The van der Waals surface area contributed by atoms with Crippen molar-refractivity contribution < 1.29 is 24.4 Å². The molecule has 4 aromatic carbocycles. The average molecular weight is 628 g/mol.